The molecule has 22 heavy (non-hydrogen) atoms. The predicted octanol–water partition coefficient (Wildman–Crippen LogP) is 2.54. The predicted molar refractivity (Wildman–Crippen MR) is 81.4 cm³/mol. The van der Waals surface area contributed by atoms with Crippen molar-refractivity contribution in [2.75, 3.05) is 13.2 Å². The number of aliphatic imine (C=N–C) groups is 1. The van der Waals surface area contributed by atoms with Crippen LogP contribution in [-0.2, 0) is 0 Å². The molecule has 1 aliphatic rings. The Labute approximate surface area is 127 Å². The van der Waals surface area contributed by atoms with E-state index in [0.717, 1.165) is 17.2 Å². The third-order valence-electron chi connectivity index (χ3n) is 3.11. The fourth-order valence-electron chi connectivity index (χ4n) is 2.07. The first-order valence-corrected chi connectivity index (χ1v) is 6.88. The molecule has 3 rings (SSSR count). The van der Waals surface area contributed by atoms with E-state index in [1.807, 2.05) is 41.9 Å². The molecule has 0 saturated heterocycles. The number of nitrogens with one attached hydrogen (secondary N) is 1. The average molecular weight is 300 g/mol. The minimum atomic E-state index is -0.147. The summed E-state index contributed by atoms with van der Waals surface area (Å²) in [5.74, 6) is 2.22. The molecule has 6 heteroatoms. The lowest BCUT2D eigenvalue weighted by atomic mass is 10.2. The van der Waals surface area contributed by atoms with Crippen molar-refractivity contribution in [2.24, 2.45) is 4.99 Å². The molecule has 0 amide bonds. The van der Waals surface area contributed by atoms with Crippen LogP contribution < -0.4 is 19.7 Å². The lowest BCUT2D eigenvalue weighted by Crippen LogP contribution is -2.34. The van der Waals surface area contributed by atoms with E-state index in [-0.39, 0.29) is 6.10 Å². The number of benzene rings is 2. The number of hydrogen-bond donors (Lipinski definition) is 2. The van der Waals surface area contributed by atoms with Crippen LogP contribution in [0, 0.1) is 0 Å². The van der Waals surface area contributed by atoms with E-state index in [1.165, 1.54) is 6.34 Å². The Morgan fingerprint density at radius 2 is 1.95 bits per heavy atom. The number of hydrogen-bond acceptors (Lipinski definition) is 5. The maximum absolute atomic E-state index is 8.43. The highest BCUT2D eigenvalue weighted by Crippen LogP contribution is 2.31. The van der Waals surface area contributed by atoms with Gasteiger partial charge in [-0.1, -0.05) is 12.1 Å². The molecule has 1 atom stereocenters. The minimum Gasteiger partial charge on any atom is -0.490 e. The number of nitrogens with zero attached hydrogens (tertiary/aromatic N) is 1. The molecule has 0 bridgehead atoms. The van der Waals surface area contributed by atoms with Gasteiger partial charge in [-0.25, -0.2) is 4.99 Å². The molecular formula is C16H16N2O4. The Morgan fingerprint density at radius 3 is 2.73 bits per heavy atom. The fourth-order valence-corrected chi connectivity index (χ4v) is 2.07. The molecule has 1 aliphatic heterocycles. The van der Waals surface area contributed by atoms with Crippen LogP contribution in [0.1, 0.15) is 0 Å². The summed E-state index contributed by atoms with van der Waals surface area (Å²) in [5.41, 5.74) is 2.56. The first-order valence-electron chi connectivity index (χ1n) is 6.88. The van der Waals surface area contributed by atoms with E-state index in [4.69, 9.17) is 19.4 Å². The normalized spacial score (nSPS) is 16.5. The van der Waals surface area contributed by atoms with Crippen LogP contribution in [-0.4, -0.2) is 30.9 Å². The van der Waals surface area contributed by atoms with Crippen LogP contribution >= 0.6 is 0 Å². The van der Waals surface area contributed by atoms with Gasteiger partial charge in [-0.05, 0) is 36.4 Å². The van der Waals surface area contributed by atoms with Gasteiger partial charge in [0.05, 0.1) is 5.69 Å². The minimum absolute atomic E-state index is 0.147. The second kappa shape index (κ2) is 6.82. The van der Waals surface area contributed by atoms with Gasteiger partial charge in [-0.15, -0.1) is 0 Å². The Morgan fingerprint density at radius 1 is 1.18 bits per heavy atom. The van der Waals surface area contributed by atoms with Crippen molar-refractivity contribution in [1.82, 2.24) is 5.48 Å². The monoisotopic (exact) mass is 300 g/mol. The molecule has 1 unspecified atom stereocenters. The van der Waals surface area contributed by atoms with Gasteiger partial charge in [0.2, 0.25) is 0 Å². The molecule has 2 aromatic carbocycles. The van der Waals surface area contributed by atoms with Crippen molar-refractivity contribution in [3.8, 4) is 17.2 Å². The molecule has 2 N–H and O–H groups in total. The summed E-state index contributed by atoms with van der Waals surface area (Å²) in [6.07, 6.45) is 1.05. The van der Waals surface area contributed by atoms with Gasteiger partial charge >= 0.3 is 0 Å². The van der Waals surface area contributed by atoms with Gasteiger partial charge in [0.1, 0.15) is 25.3 Å². The van der Waals surface area contributed by atoms with E-state index in [9.17, 15) is 0 Å². The Hall–Kier alpha value is -2.73. The van der Waals surface area contributed by atoms with Crippen molar-refractivity contribution < 1.29 is 19.4 Å². The fraction of sp³-hybridized carbons (Fsp3) is 0.188. The molecule has 6 nitrogen and oxygen atoms in total. The molecule has 1 heterocycles. The highest BCUT2D eigenvalue weighted by Gasteiger charge is 2.21. The molecule has 0 fully saturated rings. The third kappa shape index (κ3) is 3.48. The van der Waals surface area contributed by atoms with Crippen molar-refractivity contribution in [1.29, 1.82) is 0 Å². The SMILES string of the molecule is ONC=Nc1ccc(OCC2COc3ccccc3O2)cc1. The lowest BCUT2D eigenvalue weighted by molar-refractivity contribution is 0.0535. The van der Waals surface area contributed by atoms with Crippen LogP contribution in [0.15, 0.2) is 53.5 Å². The number of fused-ring (bicyclic) bond motifs is 1. The van der Waals surface area contributed by atoms with Crippen LogP contribution in [0.25, 0.3) is 0 Å². The molecule has 0 spiro atoms. The molecule has 0 saturated carbocycles. The average Bonchev–Trinajstić information content (AvgIpc) is 2.59. The topological polar surface area (TPSA) is 72.3 Å². The van der Waals surface area contributed by atoms with E-state index in [1.54, 1.807) is 12.1 Å². The van der Waals surface area contributed by atoms with E-state index in [2.05, 4.69) is 4.99 Å². The standard InChI is InChI=1S/C16H16N2O4/c19-18-11-17-12-5-7-13(8-6-12)20-9-14-10-21-15-3-1-2-4-16(15)22-14/h1-8,11,14,19H,9-10H2,(H,17,18). The number of para-hydroxylation sites is 2. The first kappa shape index (κ1) is 14.2. The number of hydroxylamine groups is 1. The van der Waals surface area contributed by atoms with Gasteiger partial charge < -0.3 is 14.2 Å². The van der Waals surface area contributed by atoms with Crippen molar-refractivity contribution >= 4 is 12.0 Å². The number of rotatable bonds is 5. The summed E-state index contributed by atoms with van der Waals surface area (Å²) in [5, 5.41) is 8.43. The summed E-state index contributed by atoms with van der Waals surface area (Å²) in [6, 6.07) is 14.8. The molecular weight excluding hydrogens is 284 g/mol. The van der Waals surface area contributed by atoms with Crippen molar-refractivity contribution in [2.45, 2.75) is 6.10 Å². The largest absolute Gasteiger partial charge is 0.490 e. The lowest BCUT2D eigenvalue weighted by Gasteiger charge is -2.26. The van der Waals surface area contributed by atoms with Gasteiger partial charge in [-0.2, -0.15) is 0 Å². The van der Waals surface area contributed by atoms with Crippen LogP contribution in [0.4, 0.5) is 5.69 Å². The second-order valence-corrected chi connectivity index (χ2v) is 4.69. The van der Waals surface area contributed by atoms with E-state index in [0.29, 0.717) is 18.9 Å². The van der Waals surface area contributed by atoms with Crippen LogP contribution in [0.5, 0.6) is 17.2 Å². The van der Waals surface area contributed by atoms with Gasteiger partial charge in [-0.3, -0.25) is 10.7 Å². The highest BCUT2D eigenvalue weighted by atomic mass is 16.6. The quantitative estimate of drug-likeness (QED) is 0.504. The maximum atomic E-state index is 8.43. The molecule has 114 valence electrons. The first-order chi connectivity index (χ1) is 10.8. The van der Waals surface area contributed by atoms with Crippen molar-refractivity contribution in [3.63, 3.8) is 0 Å². The van der Waals surface area contributed by atoms with Crippen LogP contribution in [0.3, 0.4) is 0 Å². The molecule has 0 aliphatic carbocycles. The zero-order chi connectivity index (χ0) is 15.2. The Balaban J connectivity index is 1.54. The number of ether oxygens (including phenoxy) is 3. The molecule has 0 radical (unpaired) electrons. The summed E-state index contributed by atoms with van der Waals surface area (Å²) >= 11 is 0. The second-order valence-electron chi connectivity index (χ2n) is 4.69. The molecule has 2 aromatic rings. The Bertz CT molecular complexity index is 643. The summed E-state index contributed by atoms with van der Waals surface area (Å²) in [7, 11) is 0. The highest BCUT2D eigenvalue weighted by molar-refractivity contribution is 5.59. The van der Waals surface area contributed by atoms with Gasteiger partial charge in [0.25, 0.3) is 0 Å². The van der Waals surface area contributed by atoms with Crippen molar-refractivity contribution in [3.05, 3.63) is 48.5 Å². The molecule has 0 aromatic heterocycles. The van der Waals surface area contributed by atoms with Gasteiger partial charge in [0.15, 0.2) is 17.6 Å². The Kier molecular flexibility index (Phi) is 4.41. The zero-order valence-electron chi connectivity index (χ0n) is 11.8. The van der Waals surface area contributed by atoms with Gasteiger partial charge in [0, 0.05) is 0 Å². The summed E-state index contributed by atoms with van der Waals surface area (Å²) in [4.78, 5) is 3.95. The summed E-state index contributed by atoms with van der Waals surface area (Å²) < 4.78 is 17.2. The van der Waals surface area contributed by atoms with Crippen LogP contribution in [0.2, 0.25) is 0 Å². The summed E-state index contributed by atoms with van der Waals surface area (Å²) in [6.45, 7) is 0.858. The zero-order valence-corrected chi connectivity index (χ0v) is 11.8. The third-order valence-corrected chi connectivity index (χ3v) is 3.11. The van der Waals surface area contributed by atoms with E-state index >= 15 is 0 Å². The maximum Gasteiger partial charge on any atom is 0.166 e. The smallest absolute Gasteiger partial charge is 0.166 e. The van der Waals surface area contributed by atoms with E-state index < -0.39 is 0 Å².